The summed E-state index contributed by atoms with van der Waals surface area (Å²) in [5.41, 5.74) is 7.99. The van der Waals surface area contributed by atoms with Gasteiger partial charge in [0.05, 0.1) is 4.88 Å². The van der Waals surface area contributed by atoms with Crippen molar-refractivity contribution in [3.05, 3.63) is 52.2 Å². The number of hydrogen-bond donors (Lipinski definition) is 2. The lowest BCUT2D eigenvalue weighted by Crippen LogP contribution is -2.50. The van der Waals surface area contributed by atoms with Crippen LogP contribution in [0.5, 0.6) is 0 Å². The van der Waals surface area contributed by atoms with Gasteiger partial charge in [0.25, 0.3) is 5.91 Å². The molecule has 1 aromatic heterocycles. The second-order valence-corrected chi connectivity index (χ2v) is 7.74. The average Bonchev–Trinajstić information content (AvgIpc) is 3.15. The molecule has 3 rings (SSSR count). The van der Waals surface area contributed by atoms with E-state index >= 15 is 0 Å². The molecule has 1 aromatic carbocycles. The van der Waals surface area contributed by atoms with Crippen LogP contribution in [0.25, 0.3) is 0 Å². The van der Waals surface area contributed by atoms with E-state index in [0.29, 0.717) is 11.4 Å². The Morgan fingerprint density at radius 2 is 2.04 bits per heavy atom. The van der Waals surface area contributed by atoms with Crippen LogP contribution in [0.3, 0.4) is 0 Å². The Morgan fingerprint density at radius 3 is 2.73 bits per heavy atom. The van der Waals surface area contributed by atoms with Crippen LogP contribution in [0.2, 0.25) is 0 Å². The predicted octanol–water partition coefficient (Wildman–Crippen LogP) is 3.62. The van der Waals surface area contributed by atoms with E-state index in [4.69, 9.17) is 5.73 Å². The third-order valence-electron chi connectivity index (χ3n) is 4.87. The second kappa shape index (κ2) is 8.47. The number of anilines is 1. The highest BCUT2D eigenvalue weighted by Crippen LogP contribution is 2.24. The summed E-state index contributed by atoms with van der Waals surface area (Å²) in [6, 6.07) is 11.4. The van der Waals surface area contributed by atoms with Gasteiger partial charge in [-0.1, -0.05) is 31.0 Å². The number of hydrogen-bond acceptors (Lipinski definition) is 4. The summed E-state index contributed by atoms with van der Waals surface area (Å²) in [7, 11) is 0. The molecule has 2 amide bonds. The van der Waals surface area contributed by atoms with Crippen molar-refractivity contribution < 1.29 is 9.59 Å². The van der Waals surface area contributed by atoms with Gasteiger partial charge in [-0.2, -0.15) is 0 Å². The monoisotopic (exact) mass is 371 g/mol. The molecule has 2 unspecified atom stereocenters. The number of rotatable bonds is 5. The number of carbonyl (C=O) groups excluding carboxylic acids is 2. The van der Waals surface area contributed by atoms with Crippen molar-refractivity contribution in [3.8, 4) is 0 Å². The van der Waals surface area contributed by atoms with E-state index < -0.39 is 0 Å². The highest BCUT2D eigenvalue weighted by molar-refractivity contribution is 7.12. The summed E-state index contributed by atoms with van der Waals surface area (Å²) in [5.74, 6) is -0.0738. The lowest BCUT2D eigenvalue weighted by Gasteiger charge is -2.38. The first-order chi connectivity index (χ1) is 12.5. The van der Waals surface area contributed by atoms with Crippen molar-refractivity contribution in [2.24, 2.45) is 5.73 Å². The number of carbonyl (C=O) groups is 2. The standard InChI is InChI=1S/C20H25N3O2S/c1-14(24)23(18-9-3-2-8-17(18)21)13-15-6-4-7-16(12-15)22-20(25)19-10-5-11-26-19/h4-7,10-12,17-18H,2-3,8-9,13,21H2,1H3,(H,22,25). The SMILES string of the molecule is CC(=O)N(Cc1cccc(NC(=O)c2cccs2)c1)C1CCCCC1N. The molecule has 0 radical (unpaired) electrons. The zero-order valence-corrected chi connectivity index (χ0v) is 15.8. The maximum atomic E-state index is 12.2. The fourth-order valence-corrected chi connectivity index (χ4v) is 4.15. The highest BCUT2D eigenvalue weighted by Gasteiger charge is 2.29. The van der Waals surface area contributed by atoms with Gasteiger partial charge in [0.15, 0.2) is 0 Å². The third kappa shape index (κ3) is 4.51. The molecule has 6 heteroatoms. The molecule has 1 aliphatic carbocycles. The van der Waals surface area contributed by atoms with Gasteiger partial charge in [-0.25, -0.2) is 0 Å². The molecule has 138 valence electrons. The Labute approximate surface area is 158 Å². The molecule has 0 spiro atoms. The Kier molecular flexibility index (Phi) is 6.06. The first-order valence-corrected chi connectivity index (χ1v) is 9.89. The Hall–Kier alpha value is -2.18. The number of benzene rings is 1. The molecule has 2 atom stereocenters. The minimum atomic E-state index is -0.116. The zero-order valence-electron chi connectivity index (χ0n) is 15.0. The Balaban J connectivity index is 1.72. The molecule has 1 heterocycles. The molecular weight excluding hydrogens is 346 g/mol. The van der Waals surface area contributed by atoms with E-state index in [9.17, 15) is 9.59 Å². The van der Waals surface area contributed by atoms with Gasteiger partial charge in [0.2, 0.25) is 5.91 Å². The van der Waals surface area contributed by atoms with Crippen molar-refractivity contribution in [2.45, 2.75) is 51.2 Å². The second-order valence-electron chi connectivity index (χ2n) is 6.79. The van der Waals surface area contributed by atoms with Crippen molar-refractivity contribution in [1.29, 1.82) is 0 Å². The van der Waals surface area contributed by atoms with Crippen LogP contribution in [0.15, 0.2) is 41.8 Å². The number of amides is 2. The Bertz CT molecular complexity index is 760. The number of nitrogens with zero attached hydrogens (tertiary/aromatic N) is 1. The summed E-state index contributed by atoms with van der Waals surface area (Å²) in [4.78, 5) is 27.0. The van der Waals surface area contributed by atoms with E-state index in [1.54, 1.807) is 13.0 Å². The molecule has 1 fully saturated rings. The van der Waals surface area contributed by atoms with E-state index in [0.717, 1.165) is 36.9 Å². The molecule has 1 aliphatic rings. The van der Waals surface area contributed by atoms with Gasteiger partial charge in [-0.3, -0.25) is 9.59 Å². The minimum absolute atomic E-state index is 0.0364. The van der Waals surface area contributed by atoms with Gasteiger partial charge < -0.3 is 16.0 Å². The van der Waals surface area contributed by atoms with Crippen LogP contribution in [-0.4, -0.2) is 28.8 Å². The summed E-state index contributed by atoms with van der Waals surface area (Å²) < 4.78 is 0. The van der Waals surface area contributed by atoms with Gasteiger partial charge in [-0.05, 0) is 42.0 Å². The molecule has 0 saturated heterocycles. The minimum Gasteiger partial charge on any atom is -0.334 e. The van der Waals surface area contributed by atoms with E-state index in [1.165, 1.54) is 11.3 Å². The molecule has 0 aliphatic heterocycles. The van der Waals surface area contributed by atoms with Crippen molar-refractivity contribution in [2.75, 3.05) is 5.32 Å². The van der Waals surface area contributed by atoms with Crippen molar-refractivity contribution in [1.82, 2.24) is 4.90 Å². The molecule has 5 nitrogen and oxygen atoms in total. The van der Waals surface area contributed by atoms with Gasteiger partial charge >= 0.3 is 0 Å². The summed E-state index contributed by atoms with van der Waals surface area (Å²) in [6.07, 6.45) is 4.16. The largest absolute Gasteiger partial charge is 0.334 e. The van der Waals surface area contributed by atoms with Crippen LogP contribution in [0, 0.1) is 0 Å². The maximum Gasteiger partial charge on any atom is 0.265 e. The lowest BCUT2D eigenvalue weighted by atomic mass is 9.89. The molecule has 1 saturated carbocycles. The number of nitrogens with two attached hydrogens (primary N) is 1. The molecule has 3 N–H and O–H groups in total. The normalized spacial score (nSPS) is 19.8. The topological polar surface area (TPSA) is 75.4 Å². The van der Waals surface area contributed by atoms with Crippen LogP contribution in [-0.2, 0) is 11.3 Å². The molecular formula is C20H25N3O2S. The van der Waals surface area contributed by atoms with Crippen LogP contribution in [0.1, 0.15) is 47.8 Å². The molecule has 2 aromatic rings. The van der Waals surface area contributed by atoms with E-state index in [1.807, 2.05) is 40.6 Å². The molecule has 26 heavy (non-hydrogen) atoms. The Morgan fingerprint density at radius 1 is 1.23 bits per heavy atom. The highest BCUT2D eigenvalue weighted by atomic mass is 32.1. The summed E-state index contributed by atoms with van der Waals surface area (Å²) in [6.45, 7) is 2.11. The number of thiophene rings is 1. The van der Waals surface area contributed by atoms with Crippen LogP contribution < -0.4 is 11.1 Å². The smallest absolute Gasteiger partial charge is 0.265 e. The van der Waals surface area contributed by atoms with Crippen molar-refractivity contribution in [3.63, 3.8) is 0 Å². The van der Waals surface area contributed by atoms with Crippen LogP contribution in [0.4, 0.5) is 5.69 Å². The van der Waals surface area contributed by atoms with Crippen molar-refractivity contribution >= 4 is 28.8 Å². The van der Waals surface area contributed by atoms with E-state index in [2.05, 4.69) is 5.32 Å². The first kappa shape index (κ1) is 18.6. The number of nitrogens with one attached hydrogen (secondary N) is 1. The third-order valence-corrected chi connectivity index (χ3v) is 5.74. The van der Waals surface area contributed by atoms with Gasteiger partial charge in [0.1, 0.15) is 0 Å². The predicted molar refractivity (Wildman–Crippen MR) is 105 cm³/mol. The van der Waals surface area contributed by atoms with Crippen LogP contribution >= 0.6 is 11.3 Å². The average molecular weight is 372 g/mol. The first-order valence-electron chi connectivity index (χ1n) is 9.01. The summed E-state index contributed by atoms with van der Waals surface area (Å²) in [5, 5.41) is 4.80. The quantitative estimate of drug-likeness (QED) is 0.843. The van der Waals surface area contributed by atoms with Gasteiger partial charge in [-0.15, -0.1) is 11.3 Å². The fourth-order valence-electron chi connectivity index (χ4n) is 3.53. The van der Waals surface area contributed by atoms with Gasteiger partial charge in [0, 0.05) is 31.2 Å². The fraction of sp³-hybridized carbons (Fsp3) is 0.400. The maximum absolute atomic E-state index is 12.2. The summed E-state index contributed by atoms with van der Waals surface area (Å²) >= 11 is 1.41. The lowest BCUT2D eigenvalue weighted by molar-refractivity contribution is -0.133. The zero-order chi connectivity index (χ0) is 18.5. The molecule has 0 bridgehead atoms. The van der Waals surface area contributed by atoms with E-state index in [-0.39, 0.29) is 23.9 Å².